The van der Waals surface area contributed by atoms with Crippen LogP contribution in [0.15, 0.2) is 0 Å². The molecule has 0 radical (unpaired) electrons. The van der Waals surface area contributed by atoms with Crippen molar-refractivity contribution in [2.45, 2.75) is 12.8 Å². The second-order valence-electron chi connectivity index (χ2n) is 3.04. The van der Waals surface area contributed by atoms with Gasteiger partial charge in [-0.1, -0.05) is 5.92 Å². The summed E-state index contributed by atoms with van der Waals surface area (Å²) >= 11 is 0. The molecule has 1 rings (SSSR count). The van der Waals surface area contributed by atoms with E-state index in [9.17, 15) is 9.59 Å². The summed E-state index contributed by atoms with van der Waals surface area (Å²) in [5.41, 5.74) is 0. The minimum atomic E-state index is -0.101. The van der Waals surface area contributed by atoms with Gasteiger partial charge in [0.25, 0.3) is 0 Å². The molecule has 64 valence electrons. The maximum absolute atomic E-state index is 11.3. The summed E-state index contributed by atoms with van der Waals surface area (Å²) < 4.78 is 0. The number of nitrogens with zero attached hydrogens (tertiary/aromatic N) is 1. The van der Waals surface area contributed by atoms with Gasteiger partial charge in [-0.05, 0) is 0 Å². The molecule has 0 spiro atoms. The van der Waals surface area contributed by atoms with Gasteiger partial charge in [0.05, 0.1) is 12.5 Å². The Morgan fingerprint density at radius 3 is 2.75 bits per heavy atom. The van der Waals surface area contributed by atoms with Gasteiger partial charge in [0.1, 0.15) is 5.78 Å². The number of hydrogen-bond donors (Lipinski definition) is 0. The third-order valence-corrected chi connectivity index (χ3v) is 2.00. The molecule has 3 heteroatoms. The van der Waals surface area contributed by atoms with E-state index < -0.39 is 0 Å². The third kappa shape index (κ3) is 1.65. The molecular formula is C9H11NO2. The molecule has 0 atom stereocenters. The van der Waals surface area contributed by atoms with Gasteiger partial charge in [-0.15, -0.1) is 6.42 Å². The van der Waals surface area contributed by atoms with Crippen LogP contribution in [0.4, 0.5) is 0 Å². The molecule has 0 aromatic carbocycles. The Kier molecular flexibility index (Phi) is 2.49. The highest BCUT2D eigenvalue weighted by Crippen LogP contribution is 2.24. The predicted octanol–water partition coefficient (Wildman–Crippen LogP) is 0.0571. The molecule has 0 N–H and O–H groups in total. The van der Waals surface area contributed by atoms with Gasteiger partial charge in [-0.3, -0.25) is 9.59 Å². The van der Waals surface area contributed by atoms with Crippen LogP contribution in [0.5, 0.6) is 0 Å². The van der Waals surface area contributed by atoms with Crippen molar-refractivity contribution >= 4 is 11.7 Å². The summed E-state index contributed by atoms with van der Waals surface area (Å²) in [6.45, 7) is 0.323. The van der Waals surface area contributed by atoms with E-state index in [1.54, 1.807) is 7.05 Å². The van der Waals surface area contributed by atoms with Crippen LogP contribution in [-0.4, -0.2) is 30.2 Å². The zero-order valence-electron chi connectivity index (χ0n) is 7.04. The molecule has 0 aromatic heterocycles. The molecule has 0 heterocycles. The molecule has 0 aromatic rings. The Morgan fingerprint density at radius 2 is 2.33 bits per heavy atom. The van der Waals surface area contributed by atoms with Crippen molar-refractivity contribution in [1.82, 2.24) is 4.90 Å². The van der Waals surface area contributed by atoms with E-state index in [-0.39, 0.29) is 17.6 Å². The lowest BCUT2D eigenvalue weighted by atomic mass is 9.83. The largest absolute Gasteiger partial charge is 0.334 e. The van der Waals surface area contributed by atoms with E-state index in [0.29, 0.717) is 19.4 Å². The van der Waals surface area contributed by atoms with E-state index in [4.69, 9.17) is 6.42 Å². The topological polar surface area (TPSA) is 37.4 Å². The maximum atomic E-state index is 11.3. The SMILES string of the molecule is C#CCN(C)C(=O)C1CC(=O)C1. The molecule has 1 amide bonds. The Balaban J connectivity index is 2.39. The van der Waals surface area contributed by atoms with E-state index in [2.05, 4.69) is 5.92 Å². The molecule has 0 bridgehead atoms. The lowest BCUT2D eigenvalue weighted by Crippen LogP contribution is -2.40. The van der Waals surface area contributed by atoms with Crippen molar-refractivity contribution in [1.29, 1.82) is 0 Å². The molecule has 3 nitrogen and oxygen atoms in total. The molecule has 0 aliphatic heterocycles. The second kappa shape index (κ2) is 3.40. The van der Waals surface area contributed by atoms with E-state index >= 15 is 0 Å². The van der Waals surface area contributed by atoms with Crippen LogP contribution in [-0.2, 0) is 9.59 Å². The highest BCUT2D eigenvalue weighted by atomic mass is 16.2. The third-order valence-electron chi connectivity index (χ3n) is 2.00. The quantitative estimate of drug-likeness (QED) is 0.542. The minimum absolute atomic E-state index is 0.00690. The fourth-order valence-corrected chi connectivity index (χ4v) is 1.19. The molecule has 0 unspecified atom stereocenters. The van der Waals surface area contributed by atoms with Crippen LogP contribution in [0.3, 0.4) is 0 Å². The van der Waals surface area contributed by atoms with Crippen LogP contribution in [0.1, 0.15) is 12.8 Å². The first kappa shape index (κ1) is 8.79. The Labute approximate surface area is 71.7 Å². The van der Waals surface area contributed by atoms with Crippen LogP contribution in [0.25, 0.3) is 0 Å². The van der Waals surface area contributed by atoms with Crippen LogP contribution in [0, 0.1) is 18.3 Å². The van der Waals surface area contributed by atoms with Gasteiger partial charge >= 0.3 is 0 Å². The van der Waals surface area contributed by atoms with Gasteiger partial charge in [0.2, 0.25) is 5.91 Å². The van der Waals surface area contributed by atoms with Crippen molar-refractivity contribution in [3.63, 3.8) is 0 Å². The lowest BCUT2D eigenvalue weighted by Gasteiger charge is -2.26. The summed E-state index contributed by atoms with van der Waals surface area (Å²) in [5, 5.41) is 0. The van der Waals surface area contributed by atoms with E-state index in [0.717, 1.165) is 0 Å². The average Bonchev–Trinajstić information content (AvgIpc) is 1.98. The Bertz CT molecular complexity index is 244. The molecule has 1 fully saturated rings. The number of carbonyl (C=O) groups is 2. The number of rotatable bonds is 2. The Hall–Kier alpha value is -1.30. The fourth-order valence-electron chi connectivity index (χ4n) is 1.19. The lowest BCUT2D eigenvalue weighted by molar-refractivity contribution is -0.143. The summed E-state index contributed by atoms with van der Waals surface area (Å²) in [6, 6.07) is 0. The summed E-state index contributed by atoms with van der Waals surface area (Å²) in [7, 11) is 1.66. The van der Waals surface area contributed by atoms with Crippen molar-refractivity contribution in [2.24, 2.45) is 5.92 Å². The maximum Gasteiger partial charge on any atom is 0.227 e. The molecule has 1 saturated carbocycles. The first-order valence-corrected chi connectivity index (χ1v) is 3.85. The van der Waals surface area contributed by atoms with Crippen LogP contribution >= 0.6 is 0 Å². The van der Waals surface area contributed by atoms with Crippen molar-refractivity contribution < 1.29 is 9.59 Å². The summed E-state index contributed by atoms with van der Waals surface area (Å²) in [6.07, 6.45) is 5.84. The van der Waals surface area contributed by atoms with Crippen LogP contribution < -0.4 is 0 Å². The van der Waals surface area contributed by atoms with Gasteiger partial charge < -0.3 is 4.90 Å². The first-order valence-electron chi connectivity index (χ1n) is 3.85. The number of Topliss-reactive ketones (excluding diaryl/α,β-unsaturated/α-hetero) is 1. The zero-order chi connectivity index (χ0) is 9.14. The number of terminal acetylenes is 1. The monoisotopic (exact) mass is 165 g/mol. The average molecular weight is 165 g/mol. The van der Waals surface area contributed by atoms with Gasteiger partial charge in [0, 0.05) is 19.9 Å². The fraction of sp³-hybridized carbons (Fsp3) is 0.556. The molecule has 1 aliphatic carbocycles. The normalized spacial score (nSPS) is 16.5. The van der Waals surface area contributed by atoms with Gasteiger partial charge in [-0.25, -0.2) is 0 Å². The number of amides is 1. The highest BCUT2D eigenvalue weighted by Gasteiger charge is 2.34. The molecular weight excluding hydrogens is 154 g/mol. The predicted molar refractivity (Wildman–Crippen MR) is 44.2 cm³/mol. The van der Waals surface area contributed by atoms with Crippen LogP contribution in [0.2, 0.25) is 0 Å². The first-order chi connectivity index (χ1) is 5.65. The standard InChI is InChI=1S/C9H11NO2/c1-3-4-10(2)9(12)7-5-8(11)6-7/h1,7H,4-6H2,2H3. The zero-order valence-corrected chi connectivity index (χ0v) is 7.04. The van der Waals surface area contributed by atoms with Crippen molar-refractivity contribution in [3.8, 4) is 12.3 Å². The smallest absolute Gasteiger partial charge is 0.227 e. The minimum Gasteiger partial charge on any atom is -0.334 e. The summed E-state index contributed by atoms with van der Waals surface area (Å²) in [5.74, 6) is 2.44. The summed E-state index contributed by atoms with van der Waals surface area (Å²) in [4.78, 5) is 23.4. The number of ketones is 1. The van der Waals surface area contributed by atoms with E-state index in [1.807, 2.05) is 0 Å². The van der Waals surface area contributed by atoms with Crippen molar-refractivity contribution in [3.05, 3.63) is 0 Å². The molecule has 1 aliphatic rings. The van der Waals surface area contributed by atoms with Gasteiger partial charge in [-0.2, -0.15) is 0 Å². The Morgan fingerprint density at radius 1 is 1.75 bits per heavy atom. The number of hydrogen-bond acceptors (Lipinski definition) is 2. The van der Waals surface area contributed by atoms with Gasteiger partial charge in [0.15, 0.2) is 0 Å². The number of carbonyl (C=O) groups excluding carboxylic acids is 2. The van der Waals surface area contributed by atoms with Crippen molar-refractivity contribution in [2.75, 3.05) is 13.6 Å². The molecule has 0 saturated heterocycles. The molecule has 12 heavy (non-hydrogen) atoms. The van der Waals surface area contributed by atoms with E-state index in [1.165, 1.54) is 4.90 Å². The second-order valence-corrected chi connectivity index (χ2v) is 3.04. The highest BCUT2D eigenvalue weighted by molar-refractivity contribution is 5.96.